The molecule has 1 fully saturated rings. The van der Waals surface area contributed by atoms with Crippen LogP contribution >= 0.6 is 54.5 Å². The van der Waals surface area contributed by atoms with Gasteiger partial charge in [0.25, 0.3) is 5.91 Å². The van der Waals surface area contributed by atoms with E-state index in [1.807, 2.05) is 18.2 Å². The molecular weight excluding hydrogens is 485 g/mol. The Morgan fingerprint density at radius 3 is 2.68 bits per heavy atom. The SMILES string of the molecule is O=C(NCC1CCC(Br)CC1)c1cc(I)ccc1Br. The molecule has 0 aliphatic heterocycles. The number of nitrogens with one attached hydrogen (secondary N) is 1. The third-order valence-electron chi connectivity index (χ3n) is 3.50. The highest BCUT2D eigenvalue weighted by molar-refractivity contribution is 14.1. The highest BCUT2D eigenvalue weighted by Gasteiger charge is 2.20. The summed E-state index contributed by atoms with van der Waals surface area (Å²) in [7, 11) is 0. The summed E-state index contributed by atoms with van der Waals surface area (Å²) in [5.74, 6) is 0.644. The van der Waals surface area contributed by atoms with Crippen molar-refractivity contribution in [1.82, 2.24) is 5.32 Å². The van der Waals surface area contributed by atoms with Crippen molar-refractivity contribution in [3.63, 3.8) is 0 Å². The van der Waals surface area contributed by atoms with Crippen LogP contribution in [0.5, 0.6) is 0 Å². The average Bonchev–Trinajstić information content (AvgIpc) is 2.40. The van der Waals surface area contributed by atoms with Crippen LogP contribution in [0.3, 0.4) is 0 Å². The lowest BCUT2D eigenvalue weighted by atomic mass is 9.89. The van der Waals surface area contributed by atoms with Crippen molar-refractivity contribution in [3.05, 3.63) is 31.8 Å². The Labute approximate surface area is 144 Å². The molecule has 2 rings (SSSR count). The van der Waals surface area contributed by atoms with Crippen LogP contribution in [0.1, 0.15) is 36.0 Å². The van der Waals surface area contributed by atoms with Gasteiger partial charge in [0.15, 0.2) is 0 Å². The van der Waals surface area contributed by atoms with Crippen molar-refractivity contribution in [2.45, 2.75) is 30.5 Å². The smallest absolute Gasteiger partial charge is 0.252 e. The molecule has 1 aliphatic carbocycles. The second-order valence-electron chi connectivity index (χ2n) is 4.95. The van der Waals surface area contributed by atoms with Gasteiger partial charge in [-0.2, -0.15) is 0 Å². The lowest BCUT2D eigenvalue weighted by molar-refractivity contribution is 0.0943. The fraction of sp³-hybridized carbons (Fsp3) is 0.500. The van der Waals surface area contributed by atoms with E-state index in [1.165, 1.54) is 25.7 Å². The van der Waals surface area contributed by atoms with Gasteiger partial charge < -0.3 is 5.32 Å². The minimum Gasteiger partial charge on any atom is -0.352 e. The van der Waals surface area contributed by atoms with Crippen molar-refractivity contribution < 1.29 is 4.79 Å². The molecule has 2 nitrogen and oxygen atoms in total. The van der Waals surface area contributed by atoms with Crippen LogP contribution in [0.15, 0.2) is 22.7 Å². The fourth-order valence-corrected chi connectivity index (χ4v) is 3.78. The minimum atomic E-state index is 0.0198. The van der Waals surface area contributed by atoms with Crippen molar-refractivity contribution >= 4 is 60.4 Å². The minimum absolute atomic E-state index is 0.0198. The summed E-state index contributed by atoms with van der Waals surface area (Å²) in [6, 6.07) is 5.82. The molecule has 1 aromatic rings. The van der Waals surface area contributed by atoms with Crippen LogP contribution in [-0.4, -0.2) is 17.3 Å². The highest BCUT2D eigenvalue weighted by atomic mass is 127. The molecule has 0 saturated heterocycles. The van der Waals surface area contributed by atoms with Crippen LogP contribution in [0.2, 0.25) is 0 Å². The van der Waals surface area contributed by atoms with Gasteiger partial charge in [0.2, 0.25) is 0 Å². The lowest BCUT2D eigenvalue weighted by Gasteiger charge is -2.25. The number of carbonyl (C=O) groups excluding carboxylic acids is 1. The Hall–Kier alpha value is 0.380. The van der Waals surface area contributed by atoms with E-state index in [9.17, 15) is 4.79 Å². The van der Waals surface area contributed by atoms with E-state index in [1.54, 1.807) is 0 Å². The van der Waals surface area contributed by atoms with Gasteiger partial charge in [0.1, 0.15) is 0 Å². The lowest BCUT2D eigenvalue weighted by Crippen LogP contribution is -2.31. The Bertz CT molecular complexity index is 459. The standard InChI is InChI=1S/C14H16Br2INO/c15-10-3-1-9(2-4-10)8-18-14(19)12-7-11(17)5-6-13(12)16/h5-7,9-10H,1-4,8H2,(H,18,19). The zero-order valence-corrected chi connectivity index (χ0v) is 15.8. The maximum Gasteiger partial charge on any atom is 0.252 e. The van der Waals surface area contributed by atoms with Crippen LogP contribution < -0.4 is 5.32 Å². The molecule has 19 heavy (non-hydrogen) atoms. The Kier molecular flexibility index (Phi) is 6.14. The van der Waals surface area contributed by atoms with E-state index < -0.39 is 0 Å². The van der Waals surface area contributed by atoms with Gasteiger partial charge in [-0.1, -0.05) is 15.9 Å². The molecule has 0 radical (unpaired) electrons. The van der Waals surface area contributed by atoms with Gasteiger partial charge in [-0.05, 0) is 88.3 Å². The summed E-state index contributed by atoms with van der Waals surface area (Å²) in [5, 5.41) is 3.06. The van der Waals surface area contributed by atoms with Gasteiger partial charge in [-0.15, -0.1) is 0 Å². The van der Waals surface area contributed by atoms with Crippen LogP contribution in [-0.2, 0) is 0 Å². The first-order valence-corrected chi connectivity index (χ1v) is 9.22. The van der Waals surface area contributed by atoms with Gasteiger partial charge in [-0.25, -0.2) is 0 Å². The molecule has 0 aromatic heterocycles. The van der Waals surface area contributed by atoms with Gasteiger partial charge in [0, 0.05) is 19.4 Å². The zero-order valence-electron chi connectivity index (χ0n) is 10.5. The predicted molar refractivity (Wildman–Crippen MR) is 93.9 cm³/mol. The molecule has 0 heterocycles. The molecule has 1 aliphatic rings. The fourth-order valence-electron chi connectivity index (χ4n) is 2.33. The van der Waals surface area contributed by atoms with Crippen molar-refractivity contribution in [3.8, 4) is 0 Å². The van der Waals surface area contributed by atoms with E-state index in [4.69, 9.17) is 0 Å². The molecule has 1 N–H and O–H groups in total. The molecule has 5 heteroatoms. The molecule has 0 atom stereocenters. The van der Waals surface area contributed by atoms with Gasteiger partial charge in [0.05, 0.1) is 5.56 Å². The Balaban J connectivity index is 1.89. The third-order valence-corrected chi connectivity index (χ3v) is 5.78. The number of alkyl halides is 1. The first-order chi connectivity index (χ1) is 9.06. The van der Waals surface area contributed by atoms with E-state index in [0.717, 1.165) is 20.2 Å². The van der Waals surface area contributed by atoms with Crippen LogP contribution in [0.4, 0.5) is 0 Å². The van der Waals surface area contributed by atoms with E-state index in [2.05, 4.69) is 59.8 Å². The normalized spacial score (nSPS) is 23.1. The molecular formula is C14H16Br2INO. The summed E-state index contributed by atoms with van der Waals surface area (Å²) in [4.78, 5) is 12.8. The molecule has 1 saturated carbocycles. The summed E-state index contributed by atoms with van der Waals surface area (Å²) < 4.78 is 1.93. The van der Waals surface area contributed by atoms with Crippen LogP contribution in [0, 0.1) is 9.49 Å². The number of rotatable bonds is 3. The summed E-state index contributed by atoms with van der Waals surface area (Å²) in [6.45, 7) is 0.788. The van der Waals surface area contributed by atoms with E-state index >= 15 is 0 Å². The van der Waals surface area contributed by atoms with E-state index in [0.29, 0.717) is 10.7 Å². The molecule has 1 aromatic carbocycles. The Morgan fingerprint density at radius 1 is 1.32 bits per heavy atom. The van der Waals surface area contributed by atoms with Gasteiger partial charge in [-0.3, -0.25) is 4.79 Å². The second-order valence-corrected chi connectivity index (χ2v) is 8.35. The topological polar surface area (TPSA) is 29.1 Å². The molecule has 0 bridgehead atoms. The van der Waals surface area contributed by atoms with Crippen molar-refractivity contribution in [2.24, 2.45) is 5.92 Å². The number of halogens is 3. The summed E-state index contributed by atoms with van der Waals surface area (Å²) in [5.41, 5.74) is 0.723. The number of hydrogen-bond donors (Lipinski definition) is 1. The molecule has 0 unspecified atom stereocenters. The number of carbonyl (C=O) groups is 1. The average molecular weight is 501 g/mol. The quantitative estimate of drug-likeness (QED) is 0.471. The number of hydrogen-bond acceptors (Lipinski definition) is 1. The molecule has 104 valence electrons. The summed E-state index contributed by atoms with van der Waals surface area (Å²) >= 11 is 9.31. The van der Waals surface area contributed by atoms with E-state index in [-0.39, 0.29) is 5.91 Å². The van der Waals surface area contributed by atoms with Gasteiger partial charge >= 0.3 is 0 Å². The summed E-state index contributed by atoms with van der Waals surface area (Å²) in [6.07, 6.45) is 4.83. The first kappa shape index (κ1) is 15.8. The number of amides is 1. The maximum atomic E-state index is 12.2. The largest absolute Gasteiger partial charge is 0.352 e. The monoisotopic (exact) mass is 499 g/mol. The second kappa shape index (κ2) is 7.41. The predicted octanol–water partition coefficient (Wildman–Crippen LogP) is 4.74. The van der Waals surface area contributed by atoms with Crippen molar-refractivity contribution in [1.29, 1.82) is 0 Å². The maximum absolute atomic E-state index is 12.2. The molecule has 0 spiro atoms. The van der Waals surface area contributed by atoms with Crippen molar-refractivity contribution in [2.75, 3.05) is 6.54 Å². The first-order valence-electron chi connectivity index (χ1n) is 6.43. The molecule has 1 amide bonds. The zero-order chi connectivity index (χ0) is 13.8. The highest BCUT2D eigenvalue weighted by Crippen LogP contribution is 2.28. The third kappa shape index (κ3) is 4.70. The number of benzene rings is 1. The Morgan fingerprint density at radius 2 is 2.00 bits per heavy atom. The van der Waals surface area contributed by atoms with Crippen LogP contribution in [0.25, 0.3) is 0 Å².